The molecule has 2 amide bonds. The van der Waals surface area contributed by atoms with Crippen molar-refractivity contribution in [2.45, 2.75) is 18.9 Å². The summed E-state index contributed by atoms with van der Waals surface area (Å²) in [7, 11) is 0. The van der Waals surface area contributed by atoms with Crippen molar-refractivity contribution < 1.29 is 14.4 Å². The van der Waals surface area contributed by atoms with Crippen molar-refractivity contribution in [2.24, 2.45) is 5.73 Å². The zero-order chi connectivity index (χ0) is 22.9. The molecule has 0 saturated carbocycles. The summed E-state index contributed by atoms with van der Waals surface area (Å²) in [5.41, 5.74) is 8.32. The SMILES string of the molecule is N[C@@H](CS)C(=O)Nc1ccc(NC(=O)CCc2ccccc2)c(C(=O)c2ccccc2)c1. The molecule has 32 heavy (non-hydrogen) atoms. The number of nitrogens with two attached hydrogens (primary N) is 1. The van der Waals surface area contributed by atoms with Crippen LogP contribution in [0.15, 0.2) is 78.9 Å². The van der Waals surface area contributed by atoms with Crippen molar-refractivity contribution in [3.8, 4) is 0 Å². The smallest absolute Gasteiger partial charge is 0.242 e. The quantitative estimate of drug-likeness (QED) is 0.297. The Morgan fingerprint density at radius 3 is 2.19 bits per heavy atom. The maximum atomic E-state index is 13.2. The van der Waals surface area contributed by atoms with Gasteiger partial charge in [-0.3, -0.25) is 14.4 Å². The first-order valence-electron chi connectivity index (χ1n) is 10.2. The highest BCUT2D eigenvalue weighted by Gasteiger charge is 2.18. The van der Waals surface area contributed by atoms with E-state index in [-0.39, 0.29) is 29.4 Å². The Bertz CT molecular complexity index is 1090. The monoisotopic (exact) mass is 447 g/mol. The van der Waals surface area contributed by atoms with Crippen LogP contribution in [0.4, 0.5) is 11.4 Å². The number of carbonyl (C=O) groups excluding carboxylic acids is 3. The van der Waals surface area contributed by atoms with Gasteiger partial charge in [0, 0.05) is 29.0 Å². The number of hydrogen-bond acceptors (Lipinski definition) is 5. The molecule has 7 heteroatoms. The molecule has 0 saturated heterocycles. The van der Waals surface area contributed by atoms with Gasteiger partial charge in [0.25, 0.3) is 0 Å². The molecule has 3 rings (SSSR count). The van der Waals surface area contributed by atoms with E-state index >= 15 is 0 Å². The summed E-state index contributed by atoms with van der Waals surface area (Å²) in [6.45, 7) is 0. The summed E-state index contributed by atoms with van der Waals surface area (Å²) >= 11 is 4.03. The zero-order valence-corrected chi connectivity index (χ0v) is 18.3. The van der Waals surface area contributed by atoms with Crippen molar-refractivity contribution in [3.63, 3.8) is 0 Å². The number of nitrogens with one attached hydrogen (secondary N) is 2. The molecule has 164 valence electrons. The van der Waals surface area contributed by atoms with Crippen LogP contribution in [0.2, 0.25) is 0 Å². The van der Waals surface area contributed by atoms with Crippen LogP contribution in [0.5, 0.6) is 0 Å². The maximum Gasteiger partial charge on any atom is 0.242 e. The van der Waals surface area contributed by atoms with Gasteiger partial charge in [-0.25, -0.2) is 0 Å². The van der Waals surface area contributed by atoms with E-state index in [1.807, 2.05) is 36.4 Å². The van der Waals surface area contributed by atoms with Crippen LogP contribution in [-0.2, 0) is 16.0 Å². The van der Waals surface area contributed by atoms with Gasteiger partial charge in [0.1, 0.15) is 0 Å². The molecule has 0 heterocycles. The third-order valence-electron chi connectivity index (χ3n) is 4.86. The van der Waals surface area contributed by atoms with E-state index in [0.29, 0.717) is 23.4 Å². The average molecular weight is 448 g/mol. The van der Waals surface area contributed by atoms with Crippen molar-refractivity contribution in [2.75, 3.05) is 16.4 Å². The molecular formula is C25H25N3O3S. The van der Waals surface area contributed by atoms with Crippen molar-refractivity contribution in [1.82, 2.24) is 0 Å². The minimum atomic E-state index is -0.774. The third kappa shape index (κ3) is 6.29. The maximum absolute atomic E-state index is 13.2. The Hall–Kier alpha value is -3.42. The van der Waals surface area contributed by atoms with E-state index in [9.17, 15) is 14.4 Å². The standard InChI is InChI=1S/C25H25N3O3S/c26-21(16-32)25(31)27-19-12-13-22(20(15-19)24(30)18-9-5-2-6-10-18)28-23(29)14-11-17-7-3-1-4-8-17/h1-10,12-13,15,21,32H,11,14,16,26H2,(H,27,31)(H,28,29)/t21-/m0/s1. The summed E-state index contributed by atoms with van der Waals surface area (Å²) in [5.74, 6) is -0.682. The number of hydrogen-bond donors (Lipinski definition) is 4. The largest absolute Gasteiger partial charge is 0.325 e. The lowest BCUT2D eigenvalue weighted by Crippen LogP contribution is -2.37. The van der Waals surface area contributed by atoms with Crippen LogP contribution in [0.1, 0.15) is 27.9 Å². The Balaban J connectivity index is 1.82. The summed E-state index contributed by atoms with van der Waals surface area (Å²) in [6, 6.07) is 22.5. The number of carbonyl (C=O) groups is 3. The number of ketones is 1. The average Bonchev–Trinajstić information content (AvgIpc) is 2.83. The molecule has 0 radical (unpaired) electrons. The van der Waals surface area contributed by atoms with Crippen LogP contribution >= 0.6 is 12.6 Å². The Morgan fingerprint density at radius 2 is 1.53 bits per heavy atom. The van der Waals surface area contributed by atoms with Gasteiger partial charge < -0.3 is 16.4 Å². The molecule has 6 nitrogen and oxygen atoms in total. The highest BCUT2D eigenvalue weighted by atomic mass is 32.1. The highest BCUT2D eigenvalue weighted by molar-refractivity contribution is 7.80. The van der Waals surface area contributed by atoms with Gasteiger partial charge in [0.2, 0.25) is 11.8 Å². The van der Waals surface area contributed by atoms with Gasteiger partial charge in [-0.1, -0.05) is 60.7 Å². The second-order valence-corrected chi connectivity index (χ2v) is 7.63. The van der Waals surface area contributed by atoms with Crippen LogP contribution in [0, 0.1) is 0 Å². The number of aryl methyl sites for hydroxylation is 1. The lowest BCUT2D eigenvalue weighted by atomic mass is 10.0. The molecule has 3 aromatic carbocycles. The molecule has 0 aliphatic rings. The van der Waals surface area contributed by atoms with E-state index in [0.717, 1.165) is 5.56 Å². The van der Waals surface area contributed by atoms with Gasteiger partial charge in [0.15, 0.2) is 5.78 Å². The van der Waals surface area contributed by atoms with E-state index in [1.165, 1.54) is 0 Å². The lowest BCUT2D eigenvalue weighted by molar-refractivity contribution is -0.117. The fourth-order valence-corrected chi connectivity index (χ4v) is 3.26. The van der Waals surface area contributed by atoms with Crippen LogP contribution < -0.4 is 16.4 Å². The van der Waals surface area contributed by atoms with Crippen LogP contribution in [0.3, 0.4) is 0 Å². The number of thiol groups is 1. The molecule has 0 unspecified atom stereocenters. The summed E-state index contributed by atoms with van der Waals surface area (Å²) in [5, 5.41) is 5.53. The number of benzene rings is 3. The fourth-order valence-electron chi connectivity index (χ4n) is 3.10. The summed E-state index contributed by atoms with van der Waals surface area (Å²) < 4.78 is 0. The molecule has 0 aromatic heterocycles. The Labute approximate surface area is 192 Å². The van der Waals surface area contributed by atoms with E-state index < -0.39 is 11.9 Å². The second-order valence-electron chi connectivity index (χ2n) is 7.27. The summed E-state index contributed by atoms with van der Waals surface area (Å²) in [6.07, 6.45) is 0.864. The number of rotatable bonds is 9. The molecule has 0 aliphatic heterocycles. The summed E-state index contributed by atoms with van der Waals surface area (Å²) in [4.78, 5) is 37.9. The molecule has 0 spiro atoms. The molecule has 1 atom stereocenters. The molecule has 0 aliphatic carbocycles. The molecule has 4 N–H and O–H groups in total. The number of amides is 2. The van der Waals surface area contributed by atoms with Gasteiger partial charge in [-0.15, -0.1) is 0 Å². The first-order valence-corrected chi connectivity index (χ1v) is 10.9. The molecule has 0 bridgehead atoms. The first-order chi connectivity index (χ1) is 15.5. The van der Waals surface area contributed by atoms with E-state index in [4.69, 9.17) is 5.73 Å². The normalized spacial score (nSPS) is 11.4. The van der Waals surface area contributed by atoms with Gasteiger partial charge in [-0.05, 0) is 30.2 Å². The van der Waals surface area contributed by atoms with Crippen molar-refractivity contribution >= 4 is 41.6 Å². The molecule has 0 fully saturated rings. The second kappa shape index (κ2) is 11.3. The minimum absolute atomic E-state index is 0.192. The predicted octanol–water partition coefficient (Wildman–Crippen LogP) is 3.68. The van der Waals surface area contributed by atoms with Gasteiger partial charge in [0.05, 0.1) is 11.7 Å². The van der Waals surface area contributed by atoms with E-state index in [2.05, 4.69) is 23.3 Å². The topological polar surface area (TPSA) is 101 Å². The Morgan fingerprint density at radius 1 is 0.875 bits per heavy atom. The molecule has 3 aromatic rings. The van der Waals surface area contributed by atoms with Crippen LogP contribution in [-0.4, -0.2) is 29.4 Å². The zero-order valence-electron chi connectivity index (χ0n) is 17.5. The predicted molar refractivity (Wildman–Crippen MR) is 130 cm³/mol. The highest BCUT2D eigenvalue weighted by Crippen LogP contribution is 2.24. The van der Waals surface area contributed by atoms with Gasteiger partial charge in [-0.2, -0.15) is 12.6 Å². The van der Waals surface area contributed by atoms with Crippen molar-refractivity contribution in [3.05, 3.63) is 95.6 Å². The third-order valence-corrected chi connectivity index (χ3v) is 5.25. The fraction of sp³-hybridized carbons (Fsp3) is 0.160. The number of anilines is 2. The van der Waals surface area contributed by atoms with Gasteiger partial charge >= 0.3 is 0 Å². The first kappa shape index (κ1) is 23.2. The van der Waals surface area contributed by atoms with E-state index in [1.54, 1.807) is 42.5 Å². The minimum Gasteiger partial charge on any atom is -0.325 e. The lowest BCUT2D eigenvalue weighted by Gasteiger charge is -2.15. The molecular weight excluding hydrogens is 422 g/mol. The van der Waals surface area contributed by atoms with Crippen molar-refractivity contribution in [1.29, 1.82) is 0 Å². The Kier molecular flexibility index (Phi) is 8.19. The van der Waals surface area contributed by atoms with Crippen LogP contribution in [0.25, 0.3) is 0 Å².